The number of likely N-dealkylation sites (tertiary alicyclic amines) is 1. The second-order valence-electron chi connectivity index (χ2n) is 7.14. The lowest BCUT2D eigenvalue weighted by molar-refractivity contribution is -0.159. The van der Waals surface area contributed by atoms with Crippen molar-refractivity contribution in [2.75, 3.05) is 19.7 Å². The fourth-order valence-electron chi connectivity index (χ4n) is 3.88. The highest BCUT2D eigenvalue weighted by Gasteiger charge is 2.43. The van der Waals surface area contributed by atoms with E-state index in [1.165, 1.54) is 5.56 Å². The van der Waals surface area contributed by atoms with Crippen LogP contribution in [0.2, 0.25) is 0 Å². The molecule has 3 rings (SSSR count). The van der Waals surface area contributed by atoms with Crippen LogP contribution in [0.25, 0.3) is 0 Å². The maximum absolute atomic E-state index is 12.9. The summed E-state index contributed by atoms with van der Waals surface area (Å²) in [5, 5.41) is 9.47. The number of hydrogen-bond donors (Lipinski definition) is 1. The Morgan fingerprint density at radius 1 is 1.12 bits per heavy atom. The Balaban J connectivity index is 1.78. The monoisotopic (exact) mass is 353 g/mol. The van der Waals surface area contributed by atoms with Gasteiger partial charge in [0.15, 0.2) is 0 Å². The van der Waals surface area contributed by atoms with Crippen LogP contribution in [0.4, 0.5) is 0 Å². The third-order valence-corrected chi connectivity index (χ3v) is 5.09. The minimum absolute atomic E-state index is 0.0840. The number of aromatic hydroxyl groups is 1. The van der Waals surface area contributed by atoms with Gasteiger partial charge >= 0.3 is 5.97 Å². The van der Waals surface area contributed by atoms with Crippen LogP contribution >= 0.6 is 0 Å². The van der Waals surface area contributed by atoms with Crippen LogP contribution < -0.4 is 0 Å². The third-order valence-electron chi connectivity index (χ3n) is 5.09. The lowest BCUT2D eigenvalue weighted by Gasteiger charge is -2.41. The highest BCUT2D eigenvalue weighted by molar-refractivity contribution is 5.77. The molecule has 0 bridgehead atoms. The van der Waals surface area contributed by atoms with Crippen molar-refractivity contribution < 1.29 is 14.6 Å². The number of phenols is 1. The van der Waals surface area contributed by atoms with Gasteiger partial charge < -0.3 is 9.84 Å². The van der Waals surface area contributed by atoms with Crippen molar-refractivity contribution in [3.63, 3.8) is 0 Å². The Bertz CT molecular complexity index is 714. The largest absolute Gasteiger partial charge is 0.508 e. The fourth-order valence-corrected chi connectivity index (χ4v) is 3.88. The van der Waals surface area contributed by atoms with Crippen molar-refractivity contribution in [2.45, 2.75) is 32.7 Å². The average molecular weight is 353 g/mol. The summed E-state index contributed by atoms with van der Waals surface area (Å²) < 4.78 is 5.47. The van der Waals surface area contributed by atoms with Crippen LogP contribution in [0.3, 0.4) is 0 Å². The van der Waals surface area contributed by atoms with E-state index in [0.717, 1.165) is 31.5 Å². The number of ether oxygens (including phenoxy) is 1. The number of rotatable bonds is 6. The molecule has 2 aromatic carbocycles. The molecular weight excluding hydrogens is 326 g/mol. The van der Waals surface area contributed by atoms with Gasteiger partial charge in [0.05, 0.1) is 12.0 Å². The Hall–Kier alpha value is -2.33. The molecule has 0 aromatic heterocycles. The Kier molecular flexibility index (Phi) is 5.94. The van der Waals surface area contributed by atoms with Crippen LogP contribution in [0, 0.1) is 5.41 Å². The zero-order chi connectivity index (χ0) is 18.4. The van der Waals surface area contributed by atoms with Crippen LogP contribution in [0.1, 0.15) is 30.9 Å². The highest BCUT2D eigenvalue weighted by Crippen LogP contribution is 2.36. The van der Waals surface area contributed by atoms with E-state index in [9.17, 15) is 9.90 Å². The van der Waals surface area contributed by atoms with E-state index < -0.39 is 5.41 Å². The van der Waals surface area contributed by atoms with Gasteiger partial charge in [-0.1, -0.05) is 42.5 Å². The Morgan fingerprint density at radius 2 is 1.85 bits per heavy atom. The normalized spacial score (nSPS) is 20.7. The second kappa shape index (κ2) is 8.37. The molecule has 0 spiro atoms. The number of nitrogens with zero attached hydrogens (tertiary/aromatic N) is 1. The molecule has 0 unspecified atom stereocenters. The molecule has 1 N–H and O–H groups in total. The van der Waals surface area contributed by atoms with Crippen LogP contribution in [0.5, 0.6) is 5.75 Å². The van der Waals surface area contributed by atoms with E-state index in [0.29, 0.717) is 19.6 Å². The van der Waals surface area contributed by atoms with E-state index in [2.05, 4.69) is 17.0 Å². The molecular formula is C22H27NO3. The molecule has 26 heavy (non-hydrogen) atoms. The SMILES string of the molecule is CCOC(=O)[C@@]1(Cc2ccccc2)CCCN(Cc2ccc(O)cc2)C1. The van der Waals surface area contributed by atoms with Crippen LogP contribution in [-0.4, -0.2) is 35.7 Å². The first-order valence-corrected chi connectivity index (χ1v) is 9.33. The highest BCUT2D eigenvalue weighted by atomic mass is 16.5. The molecule has 4 heteroatoms. The van der Waals surface area contributed by atoms with Crippen molar-refractivity contribution in [3.8, 4) is 5.75 Å². The summed E-state index contributed by atoms with van der Waals surface area (Å²) >= 11 is 0. The molecule has 4 nitrogen and oxygen atoms in total. The summed E-state index contributed by atoms with van der Waals surface area (Å²) in [5.41, 5.74) is 1.82. The van der Waals surface area contributed by atoms with Gasteiger partial charge in [-0.3, -0.25) is 9.69 Å². The van der Waals surface area contributed by atoms with E-state index in [4.69, 9.17) is 4.74 Å². The smallest absolute Gasteiger partial charge is 0.313 e. The summed E-state index contributed by atoms with van der Waals surface area (Å²) in [6.07, 6.45) is 2.54. The minimum Gasteiger partial charge on any atom is -0.508 e. The maximum atomic E-state index is 12.9. The van der Waals surface area contributed by atoms with Gasteiger partial charge in [0.25, 0.3) is 0 Å². The fraction of sp³-hybridized carbons (Fsp3) is 0.409. The average Bonchev–Trinajstić information content (AvgIpc) is 2.65. The molecule has 1 saturated heterocycles. The first-order chi connectivity index (χ1) is 12.6. The number of esters is 1. The quantitative estimate of drug-likeness (QED) is 0.803. The molecule has 1 aliphatic rings. The van der Waals surface area contributed by atoms with Crippen LogP contribution in [-0.2, 0) is 22.5 Å². The number of hydrogen-bond acceptors (Lipinski definition) is 4. The molecule has 0 aliphatic carbocycles. The molecule has 1 fully saturated rings. The topological polar surface area (TPSA) is 49.8 Å². The molecule has 0 radical (unpaired) electrons. The summed E-state index contributed by atoms with van der Waals surface area (Å²) in [5.74, 6) is 0.191. The van der Waals surface area contributed by atoms with Crippen molar-refractivity contribution in [3.05, 3.63) is 65.7 Å². The maximum Gasteiger partial charge on any atom is 0.313 e. The van der Waals surface area contributed by atoms with Crippen molar-refractivity contribution in [1.29, 1.82) is 0 Å². The first-order valence-electron chi connectivity index (χ1n) is 9.33. The molecule has 1 atom stereocenters. The number of piperidine rings is 1. The third kappa shape index (κ3) is 4.44. The van der Waals surface area contributed by atoms with Gasteiger partial charge in [0.2, 0.25) is 0 Å². The Morgan fingerprint density at radius 3 is 2.54 bits per heavy atom. The molecule has 138 valence electrons. The van der Waals surface area contributed by atoms with Crippen molar-refractivity contribution in [1.82, 2.24) is 4.90 Å². The lowest BCUT2D eigenvalue weighted by Crippen LogP contribution is -2.49. The summed E-state index contributed by atoms with van der Waals surface area (Å²) in [4.78, 5) is 15.2. The van der Waals surface area contributed by atoms with E-state index in [1.54, 1.807) is 12.1 Å². The van der Waals surface area contributed by atoms with E-state index >= 15 is 0 Å². The van der Waals surface area contributed by atoms with Gasteiger partial charge in [0, 0.05) is 13.1 Å². The lowest BCUT2D eigenvalue weighted by atomic mass is 9.75. The standard InChI is InChI=1S/C22H27NO3/c1-2-26-21(25)22(15-18-7-4-3-5-8-18)13-6-14-23(17-22)16-19-9-11-20(24)12-10-19/h3-5,7-12,24H,2,6,13-17H2,1H3/t22-/m1/s1. The number of phenolic OH excluding ortho intramolecular Hbond substituents is 1. The Labute approximate surface area is 155 Å². The predicted octanol–water partition coefficient (Wildman–Crippen LogP) is 3.78. The number of benzene rings is 2. The first kappa shape index (κ1) is 18.5. The summed E-state index contributed by atoms with van der Waals surface area (Å²) in [7, 11) is 0. The van der Waals surface area contributed by atoms with Gasteiger partial charge in [-0.15, -0.1) is 0 Å². The molecule has 1 aliphatic heterocycles. The molecule has 0 amide bonds. The van der Waals surface area contributed by atoms with Gasteiger partial charge in [-0.2, -0.15) is 0 Å². The number of carbonyl (C=O) groups excluding carboxylic acids is 1. The predicted molar refractivity (Wildman–Crippen MR) is 102 cm³/mol. The molecule has 1 heterocycles. The second-order valence-corrected chi connectivity index (χ2v) is 7.14. The van der Waals surface area contributed by atoms with E-state index in [1.807, 2.05) is 37.3 Å². The zero-order valence-electron chi connectivity index (χ0n) is 15.4. The van der Waals surface area contributed by atoms with E-state index in [-0.39, 0.29) is 11.7 Å². The zero-order valence-corrected chi connectivity index (χ0v) is 15.4. The molecule has 2 aromatic rings. The summed E-state index contributed by atoms with van der Waals surface area (Å²) in [6.45, 7) is 4.72. The minimum atomic E-state index is -0.494. The van der Waals surface area contributed by atoms with Gasteiger partial charge in [-0.05, 0) is 56.0 Å². The van der Waals surface area contributed by atoms with Gasteiger partial charge in [0.1, 0.15) is 5.75 Å². The van der Waals surface area contributed by atoms with Crippen molar-refractivity contribution >= 4 is 5.97 Å². The number of carbonyl (C=O) groups is 1. The molecule has 0 saturated carbocycles. The summed E-state index contributed by atoms with van der Waals surface area (Å²) in [6, 6.07) is 17.5. The van der Waals surface area contributed by atoms with Crippen LogP contribution in [0.15, 0.2) is 54.6 Å². The van der Waals surface area contributed by atoms with Gasteiger partial charge in [-0.25, -0.2) is 0 Å². The van der Waals surface area contributed by atoms with Crippen molar-refractivity contribution in [2.24, 2.45) is 5.41 Å².